The highest BCUT2D eigenvalue weighted by molar-refractivity contribution is 5.84. The molecule has 2 aromatic carbocycles. The first-order valence-electron chi connectivity index (χ1n) is 10.3. The summed E-state index contributed by atoms with van der Waals surface area (Å²) in [5.74, 6) is 0.813. The SMILES string of the molecule is CC(C)CONC=C1[C@@H](C(=O)OC(C#N)c2cccc(Oc3ccccc3)c2)C1(C)C. The predicted molar refractivity (Wildman–Crippen MR) is 117 cm³/mol. The molecule has 2 atom stereocenters. The van der Waals surface area contributed by atoms with Crippen molar-refractivity contribution in [3.63, 3.8) is 0 Å². The molecule has 0 radical (unpaired) electrons. The van der Waals surface area contributed by atoms with Crippen LogP contribution in [0, 0.1) is 28.6 Å². The first-order valence-corrected chi connectivity index (χ1v) is 10.3. The lowest BCUT2D eigenvalue weighted by atomic mass is 10.1. The van der Waals surface area contributed by atoms with E-state index in [-0.39, 0.29) is 5.41 Å². The van der Waals surface area contributed by atoms with E-state index in [2.05, 4.69) is 25.4 Å². The Morgan fingerprint density at radius 2 is 1.87 bits per heavy atom. The summed E-state index contributed by atoms with van der Waals surface area (Å²) in [5.41, 5.74) is 3.90. The van der Waals surface area contributed by atoms with Gasteiger partial charge < -0.3 is 9.47 Å². The highest BCUT2D eigenvalue weighted by Gasteiger charge is 2.58. The minimum absolute atomic E-state index is 0.344. The van der Waals surface area contributed by atoms with Crippen LogP contribution in [0.25, 0.3) is 0 Å². The van der Waals surface area contributed by atoms with Gasteiger partial charge in [-0.25, -0.2) is 0 Å². The smallest absolute Gasteiger partial charge is 0.315 e. The van der Waals surface area contributed by atoms with Crippen molar-refractivity contribution in [1.82, 2.24) is 5.48 Å². The lowest BCUT2D eigenvalue weighted by Gasteiger charge is -2.13. The molecule has 0 heterocycles. The highest BCUT2D eigenvalue weighted by Crippen LogP contribution is 2.58. The van der Waals surface area contributed by atoms with E-state index >= 15 is 0 Å². The van der Waals surface area contributed by atoms with Gasteiger partial charge >= 0.3 is 5.97 Å². The van der Waals surface area contributed by atoms with Crippen LogP contribution < -0.4 is 10.2 Å². The number of nitrogens with one attached hydrogen (secondary N) is 1. The minimum atomic E-state index is -1.02. The van der Waals surface area contributed by atoms with Gasteiger partial charge in [0.2, 0.25) is 6.10 Å². The second kappa shape index (κ2) is 9.67. The molecule has 1 aliphatic carbocycles. The third kappa shape index (κ3) is 5.65. The van der Waals surface area contributed by atoms with Gasteiger partial charge in [0.25, 0.3) is 0 Å². The lowest BCUT2D eigenvalue weighted by Crippen LogP contribution is -2.14. The maximum atomic E-state index is 12.8. The van der Waals surface area contributed by atoms with Crippen LogP contribution in [0.15, 0.2) is 66.4 Å². The Bertz CT molecular complexity index is 977. The summed E-state index contributed by atoms with van der Waals surface area (Å²) in [4.78, 5) is 18.1. The molecule has 6 heteroatoms. The molecule has 1 unspecified atom stereocenters. The number of ether oxygens (including phenoxy) is 2. The fourth-order valence-corrected chi connectivity index (χ4v) is 3.31. The normalized spacial score (nSPS) is 18.8. The first-order chi connectivity index (χ1) is 14.8. The summed E-state index contributed by atoms with van der Waals surface area (Å²) in [6.07, 6.45) is 0.693. The van der Waals surface area contributed by atoms with Crippen molar-refractivity contribution >= 4 is 5.97 Å². The Morgan fingerprint density at radius 3 is 2.55 bits per heavy atom. The Labute approximate surface area is 183 Å². The fourth-order valence-electron chi connectivity index (χ4n) is 3.31. The molecule has 0 saturated heterocycles. The van der Waals surface area contributed by atoms with Crippen molar-refractivity contribution in [3.05, 3.63) is 71.9 Å². The molecule has 2 aromatic rings. The Hall–Kier alpha value is -3.30. The van der Waals surface area contributed by atoms with E-state index in [9.17, 15) is 10.1 Å². The van der Waals surface area contributed by atoms with E-state index in [1.807, 2.05) is 44.2 Å². The lowest BCUT2D eigenvalue weighted by molar-refractivity contribution is -0.149. The van der Waals surface area contributed by atoms with E-state index in [0.717, 1.165) is 5.57 Å². The predicted octanol–water partition coefficient (Wildman–Crippen LogP) is 5.30. The number of hydroxylamine groups is 1. The molecule has 0 aromatic heterocycles. The van der Waals surface area contributed by atoms with Crippen molar-refractivity contribution in [2.45, 2.75) is 33.8 Å². The number of carbonyl (C=O) groups is 1. The third-order valence-corrected chi connectivity index (χ3v) is 5.13. The second-order valence-corrected chi connectivity index (χ2v) is 8.51. The first kappa shape index (κ1) is 22.4. The molecule has 1 aliphatic rings. The maximum absolute atomic E-state index is 12.8. The van der Waals surface area contributed by atoms with Crippen molar-refractivity contribution in [2.75, 3.05) is 6.61 Å². The van der Waals surface area contributed by atoms with Crippen LogP contribution in [0.5, 0.6) is 11.5 Å². The zero-order valence-corrected chi connectivity index (χ0v) is 18.3. The second-order valence-electron chi connectivity index (χ2n) is 8.51. The van der Waals surface area contributed by atoms with Gasteiger partial charge in [0.05, 0.1) is 12.5 Å². The number of carbonyl (C=O) groups excluding carboxylic acids is 1. The Kier molecular flexibility index (Phi) is 6.98. The van der Waals surface area contributed by atoms with Crippen LogP contribution in [0.2, 0.25) is 0 Å². The molecule has 0 bridgehead atoms. The average molecular weight is 421 g/mol. The number of para-hydroxylation sites is 1. The summed E-state index contributed by atoms with van der Waals surface area (Å²) in [7, 11) is 0. The molecule has 0 amide bonds. The standard InChI is InChI=1S/C25H28N2O4/c1-17(2)16-29-27-15-21-23(25(21,3)4)24(28)31-22(14-26)18-9-8-12-20(13-18)30-19-10-6-5-7-11-19/h5-13,15,17,22-23,27H,16H2,1-4H3/t22?,23-/m0/s1. The van der Waals surface area contributed by atoms with Gasteiger partial charge in [0.15, 0.2) is 0 Å². The van der Waals surface area contributed by atoms with E-state index in [1.165, 1.54) is 0 Å². The molecule has 0 aliphatic heterocycles. The quantitative estimate of drug-likeness (QED) is 0.337. The van der Waals surface area contributed by atoms with Crippen molar-refractivity contribution in [3.8, 4) is 17.6 Å². The molecule has 3 rings (SSSR count). The van der Waals surface area contributed by atoms with Crippen LogP contribution in [0.4, 0.5) is 0 Å². The van der Waals surface area contributed by atoms with Crippen LogP contribution in [-0.4, -0.2) is 12.6 Å². The van der Waals surface area contributed by atoms with Gasteiger partial charge in [-0.05, 0) is 35.8 Å². The molecule has 31 heavy (non-hydrogen) atoms. The molecule has 0 spiro atoms. The van der Waals surface area contributed by atoms with Crippen LogP contribution in [-0.2, 0) is 14.4 Å². The summed E-state index contributed by atoms with van der Waals surface area (Å²) >= 11 is 0. The van der Waals surface area contributed by atoms with Gasteiger partial charge in [-0.15, -0.1) is 0 Å². The van der Waals surface area contributed by atoms with Crippen LogP contribution in [0.3, 0.4) is 0 Å². The van der Waals surface area contributed by atoms with Crippen LogP contribution >= 0.6 is 0 Å². The monoisotopic (exact) mass is 420 g/mol. The highest BCUT2D eigenvalue weighted by atomic mass is 16.6. The van der Waals surface area contributed by atoms with Crippen molar-refractivity contribution in [2.24, 2.45) is 17.3 Å². The fraction of sp³-hybridized carbons (Fsp3) is 0.360. The van der Waals surface area contributed by atoms with Gasteiger partial charge in [-0.3, -0.25) is 15.1 Å². The van der Waals surface area contributed by atoms with E-state index < -0.39 is 18.0 Å². The van der Waals surface area contributed by atoms with Gasteiger partial charge in [-0.1, -0.05) is 58.0 Å². The summed E-state index contributed by atoms with van der Waals surface area (Å²) < 4.78 is 11.4. The zero-order chi connectivity index (χ0) is 22.4. The summed E-state index contributed by atoms with van der Waals surface area (Å²) in [6.45, 7) is 8.60. The van der Waals surface area contributed by atoms with E-state index in [0.29, 0.717) is 29.6 Å². The molecule has 1 N–H and O–H groups in total. The van der Waals surface area contributed by atoms with Gasteiger partial charge in [-0.2, -0.15) is 5.26 Å². The average Bonchev–Trinajstić information content (AvgIpc) is 3.30. The Balaban J connectivity index is 1.64. The number of nitrogens with zero attached hydrogens (tertiary/aromatic N) is 1. The minimum Gasteiger partial charge on any atom is -0.457 e. The van der Waals surface area contributed by atoms with Gasteiger partial charge in [0.1, 0.15) is 17.6 Å². The van der Waals surface area contributed by atoms with Crippen molar-refractivity contribution < 1.29 is 19.1 Å². The molecular formula is C25H28N2O4. The van der Waals surface area contributed by atoms with Crippen molar-refractivity contribution in [1.29, 1.82) is 5.26 Å². The third-order valence-electron chi connectivity index (χ3n) is 5.13. The number of benzene rings is 2. The molecule has 1 saturated carbocycles. The number of nitriles is 1. The number of esters is 1. The topological polar surface area (TPSA) is 80.6 Å². The van der Waals surface area contributed by atoms with Gasteiger partial charge in [0, 0.05) is 17.2 Å². The maximum Gasteiger partial charge on any atom is 0.315 e. The summed E-state index contributed by atoms with van der Waals surface area (Å²) in [6, 6.07) is 18.4. The largest absolute Gasteiger partial charge is 0.457 e. The van der Waals surface area contributed by atoms with E-state index in [1.54, 1.807) is 30.5 Å². The van der Waals surface area contributed by atoms with Crippen LogP contribution in [0.1, 0.15) is 39.4 Å². The molecular weight excluding hydrogens is 392 g/mol. The number of hydrogen-bond acceptors (Lipinski definition) is 6. The zero-order valence-electron chi connectivity index (χ0n) is 18.3. The Morgan fingerprint density at radius 1 is 1.16 bits per heavy atom. The molecule has 1 fully saturated rings. The van der Waals surface area contributed by atoms with E-state index in [4.69, 9.17) is 14.3 Å². The number of rotatable bonds is 9. The molecule has 6 nitrogen and oxygen atoms in total. The summed E-state index contributed by atoms with van der Waals surface area (Å²) in [5, 5.41) is 9.62. The molecule has 162 valence electrons. The number of hydrogen-bond donors (Lipinski definition) is 1.